The van der Waals surface area contributed by atoms with Crippen LogP contribution in [-0.4, -0.2) is 78.4 Å². The highest BCUT2D eigenvalue weighted by molar-refractivity contribution is 5.74. The Labute approximate surface area is 207 Å². The van der Waals surface area contributed by atoms with Gasteiger partial charge in [-0.05, 0) is 44.2 Å². The normalized spacial score (nSPS) is 27.7. The second-order valence-corrected chi connectivity index (χ2v) is 10.3. The van der Waals surface area contributed by atoms with Gasteiger partial charge in [0.25, 0.3) is 0 Å². The first-order valence-corrected chi connectivity index (χ1v) is 12.8. The average Bonchev–Trinajstić information content (AvgIpc) is 2.83. The van der Waals surface area contributed by atoms with E-state index in [0.717, 1.165) is 31.6 Å². The van der Waals surface area contributed by atoms with Crippen molar-refractivity contribution in [2.24, 2.45) is 22.9 Å². The third-order valence-electron chi connectivity index (χ3n) is 7.06. The van der Waals surface area contributed by atoms with Gasteiger partial charge >= 0.3 is 0 Å². The molecule has 5 rings (SSSR count). The lowest BCUT2D eigenvalue weighted by atomic mass is 10.0. The van der Waals surface area contributed by atoms with E-state index in [0.29, 0.717) is 44.0 Å². The SMILES string of the molecule is N[C@@H]1C[C@H](N)CN(c2nc(Nc3ccccc3N3CCCCC3)nc(N3C[C@H](N)C[C@H](N)C3)n2)C1. The number of rotatable bonds is 5. The van der Waals surface area contributed by atoms with Crippen LogP contribution >= 0.6 is 0 Å². The van der Waals surface area contributed by atoms with Crippen molar-refractivity contribution in [1.29, 1.82) is 0 Å². The van der Waals surface area contributed by atoms with E-state index in [1.807, 2.05) is 6.07 Å². The maximum absolute atomic E-state index is 6.28. The monoisotopic (exact) mass is 481 g/mol. The zero-order chi connectivity index (χ0) is 24.4. The molecule has 0 bridgehead atoms. The summed E-state index contributed by atoms with van der Waals surface area (Å²) in [6.07, 6.45) is 5.28. The third kappa shape index (κ3) is 5.75. The molecule has 2 aromatic rings. The zero-order valence-electron chi connectivity index (χ0n) is 20.4. The number of hydrogen-bond donors (Lipinski definition) is 5. The predicted molar refractivity (Wildman–Crippen MR) is 141 cm³/mol. The molecule has 0 radical (unpaired) electrons. The number of anilines is 5. The molecule has 0 unspecified atom stereocenters. The van der Waals surface area contributed by atoms with E-state index in [2.05, 4.69) is 38.2 Å². The summed E-state index contributed by atoms with van der Waals surface area (Å²) >= 11 is 0. The van der Waals surface area contributed by atoms with Crippen molar-refractivity contribution in [3.05, 3.63) is 24.3 Å². The molecular weight excluding hydrogens is 442 g/mol. The molecule has 4 atom stereocenters. The van der Waals surface area contributed by atoms with Crippen LogP contribution in [0.4, 0.5) is 29.2 Å². The Kier molecular flexibility index (Phi) is 7.19. The summed E-state index contributed by atoms with van der Waals surface area (Å²) in [5.74, 6) is 1.65. The first-order chi connectivity index (χ1) is 16.9. The van der Waals surface area contributed by atoms with Gasteiger partial charge in [0.1, 0.15) is 0 Å². The van der Waals surface area contributed by atoms with Crippen LogP contribution in [0.15, 0.2) is 24.3 Å². The number of nitrogens with one attached hydrogen (secondary N) is 1. The van der Waals surface area contributed by atoms with Crippen molar-refractivity contribution in [1.82, 2.24) is 15.0 Å². The van der Waals surface area contributed by atoms with Crippen LogP contribution < -0.4 is 43.0 Å². The van der Waals surface area contributed by atoms with Crippen molar-refractivity contribution in [2.75, 3.05) is 59.3 Å². The minimum atomic E-state index is -0.0213. The van der Waals surface area contributed by atoms with Gasteiger partial charge in [-0.1, -0.05) is 12.1 Å². The number of benzene rings is 1. The quantitative estimate of drug-likeness (QED) is 0.400. The number of aromatic nitrogens is 3. The summed E-state index contributed by atoms with van der Waals surface area (Å²) in [7, 11) is 0. The van der Waals surface area contributed by atoms with E-state index in [1.54, 1.807) is 0 Å². The molecule has 3 aliphatic rings. The highest BCUT2D eigenvalue weighted by atomic mass is 15.4. The van der Waals surface area contributed by atoms with Crippen molar-refractivity contribution in [2.45, 2.75) is 56.3 Å². The molecule has 35 heavy (non-hydrogen) atoms. The summed E-state index contributed by atoms with van der Waals surface area (Å²) in [4.78, 5) is 21.0. The number of hydrogen-bond acceptors (Lipinski definition) is 11. The Bertz CT molecular complexity index is 931. The minimum absolute atomic E-state index is 0.0213. The molecule has 4 heterocycles. The Morgan fingerprint density at radius 2 is 1.17 bits per heavy atom. The second-order valence-electron chi connectivity index (χ2n) is 10.3. The van der Waals surface area contributed by atoms with E-state index in [1.165, 1.54) is 24.9 Å². The Hall–Kier alpha value is -2.73. The fourth-order valence-corrected chi connectivity index (χ4v) is 5.49. The van der Waals surface area contributed by atoms with Gasteiger partial charge in [0.15, 0.2) is 0 Å². The zero-order valence-corrected chi connectivity index (χ0v) is 20.4. The number of nitrogens with two attached hydrogens (primary N) is 4. The predicted octanol–water partition coefficient (Wildman–Crippen LogP) is 0.335. The molecule has 1 aromatic carbocycles. The topological polar surface area (TPSA) is 164 Å². The summed E-state index contributed by atoms with van der Waals surface area (Å²) in [6, 6.07) is 8.25. The molecule has 3 aliphatic heterocycles. The van der Waals surface area contributed by atoms with Gasteiger partial charge < -0.3 is 43.0 Å². The minimum Gasteiger partial charge on any atom is -0.370 e. The van der Waals surface area contributed by atoms with E-state index >= 15 is 0 Å². The molecule has 1 aromatic heterocycles. The maximum Gasteiger partial charge on any atom is 0.233 e. The Morgan fingerprint density at radius 1 is 0.657 bits per heavy atom. The van der Waals surface area contributed by atoms with Crippen LogP contribution in [-0.2, 0) is 0 Å². The van der Waals surface area contributed by atoms with Crippen LogP contribution in [0.1, 0.15) is 32.1 Å². The number of piperidine rings is 3. The second kappa shape index (κ2) is 10.5. The van der Waals surface area contributed by atoms with Gasteiger partial charge in [0, 0.05) is 63.4 Å². The van der Waals surface area contributed by atoms with Gasteiger partial charge in [-0.2, -0.15) is 15.0 Å². The molecule has 11 heteroatoms. The number of para-hydroxylation sites is 2. The maximum atomic E-state index is 6.28. The molecule has 11 nitrogen and oxygen atoms in total. The van der Waals surface area contributed by atoms with Crippen LogP contribution in [0.2, 0.25) is 0 Å². The van der Waals surface area contributed by atoms with Crippen molar-refractivity contribution in [3.63, 3.8) is 0 Å². The molecule has 9 N–H and O–H groups in total. The third-order valence-corrected chi connectivity index (χ3v) is 7.06. The fraction of sp³-hybridized carbons (Fsp3) is 0.625. The van der Waals surface area contributed by atoms with Crippen LogP contribution in [0.3, 0.4) is 0 Å². The van der Waals surface area contributed by atoms with Crippen LogP contribution in [0.25, 0.3) is 0 Å². The smallest absolute Gasteiger partial charge is 0.233 e. The standard InChI is InChI=1S/C24H39N11/c25-16-10-17(26)13-34(12-16)23-30-22(31-24(32-23)35-14-18(27)11-19(28)15-35)29-20-6-2-3-7-21(20)33-8-4-1-5-9-33/h2-3,6-7,16-19H,1,4-5,8-15,25-28H2,(H,29,30,31,32)/t16-,17+,18-,19+. The van der Waals surface area contributed by atoms with Crippen molar-refractivity contribution >= 4 is 29.2 Å². The van der Waals surface area contributed by atoms with E-state index in [4.69, 9.17) is 37.9 Å². The first kappa shape index (κ1) is 24.0. The molecule has 0 amide bonds. The molecule has 0 saturated carbocycles. The first-order valence-electron chi connectivity index (χ1n) is 12.8. The highest BCUT2D eigenvalue weighted by Gasteiger charge is 2.29. The largest absolute Gasteiger partial charge is 0.370 e. The van der Waals surface area contributed by atoms with Gasteiger partial charge in [0.2, 0.25) is 17.8 Å². The van der Waals surface area contributed by atoms with E-state index < -0.39 is 0 Å². The van der Waals surface area contributed by atoms with Crippen LogP contribution in [0, 0.1) is 0 Å². The van der Waals surface area contributed by atoms with Crippen molar-refractivity contribution < 1.29 is 0 Å². The molecule has 3 saturated heterocycles. The lowest BCUT2D eigenvalue weighted by Crippen LogP contribution is -2.54. The lowest BCUT2D eigenvalue weighted by molar-refractivity contribution is 0.441. The summed E-state index contributed by atoms with van der Waals surface area (Å²) < 4.78 is 0. The average molecular weight is 482 g/mol. The van der Waals surface area contributed by atoms with Crippen molar-refractivity contribution in [3.8, 4) is 0 Å². The molecule has 190 valence electrons. The molecule has 0 aliphatic carbocycles. The van der Waals surface area contributed by atoms with Gasteiger partial charge in [-0.3, -0.25) is 0 Å². The Morgan fingerprint density at radius 3 is 1.71 bits per heavy atom. The van der Waals surface area contributed by atoms with E-state index in [-0.39, 0.29) is 24.2 Å². The van der Waals surface area contributed by atoms with Gasteiger partial charge in [-0.15, -0.1) is 0 Å². The van der Waals surface area contributed by atoms with Gasteiger partial charge in [-0.25, -0.2) is 0 Å². The van der Waals surface area contributed by atoms with E-state index in [9.17, 15) is 0 Å². The Balaban J connectivity index is 1.48. The molecular formula is C24H39N11. The summed E-state index contributed by atoms with van der Waals surface area (Å²) in [5.41, 5.74) is 27.3. The fourth-order valence-electron chi connectivity index (χ4n) is 5.49. The molecule has 0 spiro atoms. The summed E-state index contributed by atoms with van der Waals surface area (Å²) in [6.45, 7) is 4.72. The lowest BCUT2D eigenvalue weighted by Gasteiger charge is -2.37. The summed E-state index contributed by atoms with van der Waals surface area (Å²) in [5, 5.41) is 3.49. The molecule has 3 fully saturated rings. The van der Waals surface area contributed by atoms with Crippen LogP contribution in [0.5, 0.6) is 0 Å². The number of nitrogens with zero attached hydrogens (tertiary/aromatic N) is 6. The van der Waals surface area contributed by atoms with Gasteiger partial charge in [0.05, 0.1) is 11.4 Å². The highest BCUT2D eigenvalue weighted by Crippen LogP contribution is 2.31.